The largest absolute Gasteiger partial charge is 0.494 e. The zero-order chi connectivity index (χ0) is 11.2. The van der Waals surface area contributed by atoms with E-state index in [-0.39, 0.29) is 0 Å². The van der Waals surface area contributed by atoms with Gasteiger partial charge in [0.15, 0.2) is 5.75 Å². The third kappa shape index (κ3) is 3.66. The molecule has 1 aliphatic carbocycles. The van der Waals surface area contributed by atoms with Gasteiger partial charge < -0.3 is 14.8 Å². The Balaban J connectivity index is 1.60. The van der Waals surface area contributed by atoms with Crippen molar-refractivity contribution < 1.29 is 9.47 Å². The van der Waals surface area contributed by atoms with Crippen LogP contribution < -0.4 is 10.1 Å². The molecule has 1 fully saturated rings. The number of anilines is 1. The molecule has 1 aromatic heterocycles. The van der Waals surface area contributed by atoms with Crippen molar-refractivity contribution in [1.29, 1.82) is 0 Å². The van der Waals surface area contributed by atoms with Gasteiger partial charge in [-0.25, -0.2) is 9.97 Å². The second-order valence-corrected chi connectivity index (χ2v) is 3.89. The van der Waals surface area contributed by atoms with E-state index in [0.29, 0.717) is 18.3 Å². The molecule has 0 amide bonds. The molecular formula is C11H17N3O2. The van der Waals surface area contributed by atoms with E-state index < -0.39 is 0 Å². The third-order valence-corrected chi connectivity index (χ3v) is 2.44. The fourth-order valence-electron chi connectivity index (χ4n) is 1.28. The molecule has 0 atom stereocenters. The normalized spacial score (nSPS) is 14.8. The SMILES string of the molecule is COc1cnc(NCCOCC2CC2)nc1. The van der Waals surface area contributed by atoms with Gasteiger partial charge in [0, 0.05) is 13.2 Å². The van der Waals surface area contributed by atoms with Gasteiger partial charge in [-0.2, -0.15) is 0 Å². The fraction of sp³-hybridized carbons (Fsp3) is 0.636. The van der Waals surface area contributed by atoms with E-state index in [1.165, 1.54) is 12.8 Å². The minimum Gasteiger partial charge on any atom is -0.494 e. The van der Waals surface area contributed by atoms with Crippen LogP contribution >= 0.6 is 0 Å². The lowest BCUT2D eigenvalue weighted by Crippen LogP contribution is -2.12. The molecule has 2 rings (SSSR count). The molecule has 1 heterocycles. The zero-order valence-corrected chi connectivity index (χ0v) is 9.48. The number of nitrogens with one attached hydrogen (secondary N) is 1. The Bertz CT molecular complexity index is 312. The summed E-state index contributed by atoms with van der Waals surface area (Å²) in [5.74, 6) is 2.09. The third-order valence-electron chi connectivity index (χ3n) is 2.44. The van der Waals surface area contributed by atoms with Crippen LogP contribution in [0.15, 0.2) is 12.4 Å². The van der Waals surface area contributed by atoms with E-state index in [1.54, 1.807) is 19.5 Å². The van der Waals surface area contributed by atoms with Crippen molar-refractivity contribution in [3.8, 4) is 5.75 Å². The maximum Gasteiger partial charge on any atom is 0.222 e. The summed E-state index contributed by atoms with van der Waals surface area (Å²) in [6, 6.07) is 0. The topological polar surface area (TPSA) is 56.3 Å². The maximum absolute atomic E-state index is 5.48. The minimum absolute atomic E-state index is 0.607. The number of nitrogens with zero attached hydrogens (tertiary/aromatic N) is 2. The summed E-state index contributed by atoms with van der Waals surface area (Å²) < 4.78 is 10.4. The van der Waals surface area contributed by atoms with Crippen molar-refractivity contribution in [3.05, 3.63) is 12.4 Å². The molecule has 0 aliphatic heterocycles. The van der Waals surface area contributed by atoms with Crippen LogP contribution in [-0.2, 0) is 4.74 Å². The minimum atomic E-state index is 0.607. The number of hydrogen-bond donors (Lipinski definition) is 1. The summed E-state index contributed by atoms with van der Waals surface area (Å²) in [4.78, 5) is 8.18. The van der Waals surface area contributed by atoms with E-state index in [9.17, 15) is 0 Å². The highest BCUT2D eigenvalue weighted by atomic mass is 16.5. The first kappa shape index (κ1) is 11.1. The number of hydrogen-bond acceptors (Lipinski definition) is 5. The number of methoxy groups -OCH3 is 1. The van der Waals surface area contributed by atoms with Crippen molar-refractivity contribution >= 4 is 5.95 Å². The first-order chi connectivity index (χ1) is 7.88. The Morgan fingerprint density at radius 2 is 2.12 bits per heavy atom. The van der Waals surface area contributed by atoms with Crippen LogP contribution in [-0.4, -0.2) is 36.8 Å². The number of aromatic nitrogens is 2. The standard InChI is InChI=1S/C11H17N3O2/c1-15-10-6-13-11(14-7-10)12-4-5-16-8-9-2-3-9/h6-7,9H,2-5,8H2,1H3,(H,12,13,14). The molecule has 1 aromatic rings. The van der Waals surface area contributed by atoms with Crippen molar-refractivity contribution in [2.24, 2.45) is 5.92 Å². The van der Waals surface area contributed by atoms with Gasteiger partial charge in [0.2, 0.25) is 5.95 Å². The quantitative estimate of drug-likeness (QED) is 0.707. The summed E-state index contributed by atoms with van der Waals surface area (Å²) in [6.07, 6.45) is 5.94. The second kappa shape index (κ2) is 5.65. The molecule has 1 aliphatic rings. The molecule has 5 nitrogen and oxygen atoms in total. The molecule has 0 bridgehead atoms. The summed E-state index contributed by atoms with van der Waals surface area (Å²) in [6.45, 7) is 2.33. The summed E-state index contributed by atoms with van der Waals surface area (Å²) in [7, 11) is 1.59. The molecule has 0 radical (unpaired) electrons. The number of ether oxygens (including phenoxy) is 2. The lowest BCUT2D eigenvalue weighted by molar-refractivity contribution is 0.133. The van der Waals surface area contributed by atoms with Gasteiger partial charge in [-0.15, -0.1) is 0 Å². The highest BCUT2D eigenvalue weighted by Crippen LogP contribution is 2.28. The lowest BCUT2D eigenvalue weighted by atomic mass is 10.5. The molecule has 1 N–H and O–H groups in total. The monoisotopic (exact) mass is 223 g/mol. The average molecular weight is 223 g/mol. The zero-order valence-electron chi connectivity index (χ0n) is 9.48. The molecule has 16 heavy (non-hydrogen) atoms. The van der Waals surface area contributed by atoms with Gasteiger partial charge in [-0.3, -0.25) is 0 Å². The Hall–Kier alpha value is -1.36. The summed E-state index contributed by atoms with van der Waals surface area (Å²) in [5, 5.41) is 3.09. The van der Waals surface area contributed by atoms with Crippen LogP contribution in [0.4, 0.5) is 5.95 Å². The molecule has 0 unspecified atom stereocenters. The average Bonchev–Trinajstić information content (AvgIpc) is 3.13. The van der Waals surface area contributed by atoms with E-state index in [2.05, 4.69) is 15.3 Å². The van der Waals surface area contributed by atoms with Crippen molar-refractivity contribution in [2.45, 2.75) is 12.8 Å². The molecule has 5 heteroatoms. The van der Waals surface area contributed by atoms with E-state index in [4.69, 9.17) is 9.47 Å². The van der Waals surface area contributed by atoms with Crippen molar-refractivity contribution in [2.75, 3.05) is 32.2 Å². The van der Waals surface area contributed by atoms with Gasteiger partial charge in [0.05, 0.1) is 26.1 Å². The fourth-order valence-corrected chi connectivity index (χ4v) is 1.28. The van der Waals surface area contributed by atoms with E-state index >= 15 is 0 Å². The molecule has 0 saturated heterocycles. The van der Waals surface area contributed by atoms with E-state index in [0.717, 1.165) is 19.1 Å². The molecule has 88 valence electrons. The summed E-state index contributed by atoms with van der Waals surface area (Å²) in [5.41, 5.74) is 0. The van der Waals surface area contributed by atoms with Crippen LogP contribution in [0.3, 0.4) is 0 Å². The Morgan fingerprint density at radius 3 is 2.75 bits per heavy atom. The van der Waals surface area contributed by atoms with Crippen LogP contribution in [0.5, 0.6) is 5.75 Å². The Kier molecular flexibility index (Phi) is 3.93. The van der Waals surface area contributed by atoms with Gasteiger partial charge in [0.1, 0.15) is 0 Å². The van der Waals surface area contributed by atoms with Crippen molar-refractivity contribution in [1.82, 2.24) is 9.97 Å². The van der Waals surface area contributed by atoms with Gasteiger partial charge >= 0.3 is 0 Å². The first-order valence-corrected chi connectivity index (χ1v) is 5.56. The number of rotatable bonds is 7. The molecule has 0 aromatic carbocycles. The van der Waals surface area contributed by atoms with Gasteiger partial charge in [0.25, 0.3) is 0 Å². The van der Waals surface area contributed by atoms with Crippen LogP contribution in [0.1, 0.15) is 12.8 Å². The Labute approximate surface area is 95.2 Å². The summed E-state index contributed by atoms with van der Waals surface area (Å²) >= 11 is 0. The second-order valence-electron chi connectivity index (χ2n) is 3.89. The van der Waals surface area contributed by atoms with Crippen molar-refractivity contribution in [3.63, 3.8) is 0 Å². The lowest BCUT2D eigenvalue weighted by Gasteiger charge is -2.05. The molecular weight excluding hydrogens is 206 g/mol. The highest BCUT2D eigenvalue weighted by molar-refractivity contribution is 5.26. The molecule has 0 spiro atoms. The predicted octanol–water partition coefficient (Wildman–Crippen LogP) is 1.32. The maximum atomic E-state index is 5.48. The van der Waals surface area contributed by atoms with Crippen LogP contribution in [0.2, 0.25) is 0 Å². The highest BCUT2D eigenvalue weighted by Gasteiger charge is 2.20. The first-order valence-electron chi connectivity index (χ1n) is 5.56. The van der Waals surface area contributed by atoms with Gasteiger partial charge in [-0.1, -0.05) is 0 Å². The smallest absolute Gasteiger partial charge is 0.222 e. The van der Waals surface area contributed by atoms with Gasteiger partial charge in [-0.05, 0) is 18.8 Å². The van der Waals surface area contributed by atoms with Crippen LogP contribution in [0.25, 0.3) is 0 Å². The molecule has 1 saturated carbocycles. The van der Waals surface area contributed by atoms with Crippen LogP contribution in [0, 0.1) is 5.92 Å². The predicted molar refractivity (Wildman–Crippen MR) is 60.6 cm³/mol. The van der Waals surface area contributed by atoms with E-state index in [1.807, 2.05) is 0 Å². The Morgan fingerprint density at radius 1 is 1.38 bits per heavy atom.